The zero-order valence-corrected chi connectivity index (χ0v) is 30.6. The van der Waals surface area contributed by atoms with Gasteiger partial charge >= 0.3 is 57.2 Å². The van der Waals surface area contributed by atoms with E-state index in [1.807, 2.05) is 6.42 Å². The van der Waals surface area contributed by atoms with Crippen LogP contribution in [0.15, 0.2) is 11.6 Å². The smallest absolute Gasteiger partial charge is 2.00 e. The Morgan fingerprint density at radius 1 is 0.784 bits per heavy atom. The Bertz CT molecular complexity index is 494. The molecule has 37 heavy (non-hydrogen) atoms. The molecule has 9 heteroatoms. The molecule has 2 aliphatic carbocycles. The molecule has 0 amide bonds. The van der Waals surface area contributed by atoms with Crippen molar-refractivity contribution in [1.82, 2.24) is 0 Å². The second kappa shape index (κ2) is 35.1. The molecule has 0 heterocycles. The van der Waals surface area contributed by atoms with Gasteiger partial charge in [-0.25, -0.2) is 9.59 Å². The molecule has 0 saturated heterocycles. The van der Waals surface area contributed by atoms with Crippen LogP contribution >= 0.6 is 25.3 Å². The molecule has 0 radical (unpaired) electrons. The van der Waals surface area contributed by atoms with Crippen LogP contribution in [0.1, 0.15) is 92.9 Å². The average molecular weight is 804 g/mol. The first-order chi connectivity index (χ1) is 17.4. The van der Waals surface area contributed by atoms with Crippen LogP contribution < -0.4 is 0 Å². The van der Waals surface area contributed by atoms with Gasteiger partial charge in [-0.3, -0.25) is 0 Å². The maximum Gasteiger partial charge on any atom is 2.00 e. The second-order valence-corrected chi connectivity index (χ2v) is 14.9. The summed E-state index contributed by atoms with van der Waals surface area (Å²) < 4.78 is 9.13. The molecule has 2 rings (SSSR count). The minimum Gasteiger partial charge on any atom is 2.00 e. The van der Waals surface area contributed by atoms with Crippen molar-refractivity contribution in [2.75, 3.05) is 51.2 Å². The third-order valence-electron chi connectivity index (χ3n) is 6.40. The van der Waals surface area contributed by atoms with Gasteiger partial charge in [-0.15, -0.1) is 21.8 Å². The Balaban J connectivity index is -0.000000209. The summed E-state index contributed by atoms with van der Waals surface area (Å²) in [6.07, 6.45) is 22.2. The Hall–Kier alpha value is 1.04. The molecule has 1 unspecified atom stereocenters. The first-order valence-electron chi connectivity index (χ1n) is 13.7. The van der Waals surface area contributed by atoms with Crippen LogP contribution in [0.2, 0.25) is 0 Å². The summed E-state index contributed by atoms with van der Waals surface area (Å²) in [6, 6.07) is 0. The van der Waals surface area contributed by atoms with Crippen LogP contribution in [0, 0.1) is 12.3 Å². The fraction of sp³-hybridized carbons (Fsp3) is 0.821. The molecule has 0 N–H and O–H groups in total. The third kappa shape index (κ3) is 27.0. The number of rotatable bonds is 9. The van der Waals surface area contributed by atoms with E-state index in [-0.39, 0.29) is 23.0 Å². The van der Waals surface area contributed by atoms with Crippen LogP contribution in [-0.2, 0) is 54.9 Å². The fourth-order valence-electron chi connectivity index (χ4n) is 3.90. The predicted octanol–water partition coefficient (Wildman–Crippen LogP) is 8.95. The maximum atomic E-state index is 11.4. The molecule has 4 nitrogen and oxygen atoms in total. The number of carbonyl (C=O) groups excluding carboxylic acids is 2. The predicted molar refractivity (Wildman–Crippen MR) is 160 cm³/mol. The minimum atomic E-state index is -0.518. The summed E-state index contributed by atoms with van der Waals surface area (Å²) in [4.78, 5) is 22.5. The van der Waals surface area contributed by atoms with Crippen LogP contribution in [0.5, 0.6) is 0 Å². The quantitative estimate of drug-likeness (QED) is 0.0769. The van der Waals surface area contributed by atoms with Crippen molar-refractivity contribution in [2.24, 2.45) is 5.92 Å². The van der Waals surface area contributed by atoms with Crippen molar-refractivity contribution in [2.45, 2.75) is 92.9 Å². The monoisotopic (exact) mass is 803 g/mol. The van der Waals surface area contributed by atoms with Crippen molar-refractivity contribution < 1.29 is 54.9 Å². The van der Waals surface area contributed by atoms with Crippen molar-refractivity contribution in [3.05, 3.63) is 18.1 Å². The number of hydrogen-bond donors (Lipinski definition) is 0. The molecular weight excluding hydrogens is 749 g/mol. The van der Waals surface area contributed by atoms with E-state index in [1.54, 1.807) is 18.8 Å². The van der Waals surface area contributed by atoms with Crippen LogP contribution in [-0.4, -0.2) is 63.1 Å². The Kier molecular flexibility index (Phi) is 42.7. The van der Waals surface area contributed by atoms with Gasteiger partial charge in [-0.05, 0) is 37.0 Å². The molecular formula is C28H55ClFeO4P2Pt+2. The third-order valence-corrected chi connectivity index (χ3v) is 11.8. The normalized spacial score (nSPS) is 15.9. The number of methoxy groups -OCH3 is 2. The molecule has 0 bridgehead atoms. The zero-order chi connectivity index (χ0) is 28.2. The fourth-order valence-corrected chi connectivity index (χ4v) is 6.59. The van der Waals surface area contributed by atoms with E-state index >= 15 is 0 Å². The topological polar surface area (TPSA) is 52.6 Å². The van der Waals surface area contributed by atoms with Gasteiger partial charge in [0.25, 0.3) is 0 Å². The summed E-state index contributed by atoms with van der Waals surface area (Å²) in [6.45, 7) is 13.7. The van der Waals surface area contributed by atoms with Gasteiger partial charge in [0.1, 0.15) is 0 Å². The van der Waals surface area contributed by atoms with Crippen molar-refractivity contribution in [3.63, 3.8) is 0 Å². The molecule has 0 aliphatic heterocycles. The number of hydrogen-bond acceptors (Lipinski definition) is 4. The molecule has 2 saturated carbocycles. The van der Waals surface area contributed by atoms with Gasteiger partial charge in [0.05, 0.1) is 14.2 Å². The largest absolute Gasteiger partial charge is 2.00 e. The minimum absolute atomic E-state index is 0. The molecule has 0 spiro atoms. The van der Waals surface area contributed by atoms with E-state index in [9.17, 15) is 9.59 Å². The van der Waals surface area contributed by atoms with E-state index in [2.05, 4.69) is 60.4 Å². The zero-order valence-electron chi connectivity index (χ0n) is 24.7. The van der Waals surface area contributed by atoms with Crippen LogP contribution in [0.3, 0.4) is 0 Å². The van der Waals surface area contributed by atoms with Gasteiger partial charge in [0.15, 0.2) is 0 Å². The molecule has 0 aromatic rings. The second-order valence-electron chi connectivity index (χ2n) is 8.39. The van der Waals surface area contributed by atoms with Crippen LogP contribution in [0.4, 0.5) is 0 Å². The standard InChI is InChI=1S/C11H15O4.2C6H15P.C5H10.ClH.Fe.Pt/c1-14-10(12)7-9(11(13)15-2)8-5-3-4-6-8;2*1-4-7(5-2)6-3;1-2-4-5-3-1;;;/h5,7-8H,3-4,6H2,1-2H3;2*4-6H2,1-3H3;1-5H2;1H;;/q-1;;;;;2*+2/p-1/b9-7-;;;;;;. The van der Waals surface area contributed by atoms with E-state index in [0.717, 1.165) is 19.3 Å². The first kappa shape index (κ1) is 45.0. The molecule has 1 atom stereocenters. The SMILES string of the molecule is C1CCCC1.CCP(CC)CC.CCP(CC)CC.COC(=O)/C=C(\C(=O)OC)C1[CH-]CCC1.[Cl][Pt+].[Fe+2]. The molecule has 224 valence electrons. The van der Waals surface area contributed by atoms with E-state index in [4.69, 9.17) is 0 Å². The van der Waals surface area contributed by atoms with Gasteiger partial charge in [-0.1, -0.05) is 86.5 Å². The van der Waals surface area contributed by atoms with Crippen molar-refractivity contribution in [3.8, 4) is 0 Å². The number of halogens is 1. The first-order valence-corrected chi connectivity index (χ1v) is 20.3. The number of esters is 2. The summed E-state index contributed by atoms with van der Waals surface area (Å²) in [5.74, 6) is -0.948. The Labute approximate surface area is 258 Å². The maximum absolute atomic E-state index is 11.4. The van der Waals surface area contributed by atoms with Gasteiger partial charge in [0, 0.05) is 11.6 Å². The number of ether oxygens (including phenoxy) is 2. The molecule has 2 fully saturated rings. The number of carbonyl (C=O) groups is 2. The molecule has 0 aromatic carbocycles. The summed E-state index contributed by atoms with van der Waals surface area (Å²) in [5.41, 5.74) is 0.391. The molecule has 0 aromatic heterocycles. The summed E-state index contributed by atoms with van der Waals surface area (Å²) in [7, 11) is 8.09. The summed E-state index contributed by atoms with van der Waals surface area (Å²) >= 11 is 1.61. The van der Waals surface area contributed by atoms with E-state index < -0.39 is 11.9 Å². The Morgan fingerprint density at radius 2 is 1.16 bits per heavy atom. The van der Waals surface area contributed by atoms with Crippen molar-refractivity contribution >= 4 is 37.2 Å². The van der Waals surface area contributed by atoms with Gasteiger partial charge in [0.2, 0.25) is 0 Å². The molecule has 2 aliphatic rings. The van der Waals surface area contributed by atoms with Gasteiger partial charge in [-0.2, -0.15) is 6.42 Å². The van der Waals surface area contributed by atoms with Crippen molar-refractivity contribution in [1.29, 1.82) is 0 Å². The van der Waals surface area contributed by atoms with Gasteiger partial charge < -0.3 is 15.9 Å². The van der Waals surface area contributed by atoms with Crippen LogP contribution in [0.25, 0.3) is 0 Å². The average Bonchev–Trinajstić information content (AvgIpc) is 3.68. The summed E-state index contributed by atoms with van der Waals surface area (Å²) in [5, 5.41) is 0. The van der Waals surface area contributed by atoms with E-state index in [1.165, 1.54) is 89.4 Å². The Morgan fingerprint density at radius 3 is 1.38 bits per heavy atom. The van der Waals surface area contributed by atoms with E-state index in [0.29, 0.717) is 21.4 Å².